The molecule has 2 amide bonds. The maximum Gasteiger partial charge on any atom is 0.407 e. The fourth-order valence-electron chi connectivity index (χ4n) is 5.47. The van der Waals surface area contributed by atoms with E-state index in [9.17, 15) is 9.59 Å². The van der Waals surface area contributed by atoms with Crippen molar-refractivity contribution < 1.29 is 19.1 Å². The number of benzene rings is 1. The zero-order valence-corrected chi connectivity index (χ0v) is 29.1. The van der Waals surface area contributed by atoms with Crippen molar-refractivity contribution in [3.05, 3.63) is 64.5 Å². The Hall–Kier alpha value is -4.09. The second-order valence-corrected chi connectivity index (χ2v) is 14.3. The van der Waals surface area contributed by atoms with E-state index in [1.165, 1.54) is 0 Å². The number of nitrogens with zero attached hydrogens (tertiary/aromatic N) is 5. The van der Waals surface area contributed by atoms with Gasteiger partial charge in [-0.2, -0.15) is 5.10 Å². The Bertz CT molecular complexity index is 1710. The van der Waals surface area contributed by atoms with Crippen LogP contribution < -0.4 is 15.0 Å². The number of carbonyl (C=O) groups is 2. The third-order valence-electron chi connectivity index (χ3n) is 7.86. The molecule has 0 unspecified atom stereocenters. The van der Waals surface area contributed by atoms with Crippen molar-refractivity contribution in [3.63, 3.8) is 0 Å². The number of amides is 2. The molecule has 5 rings (SSSR count). The Labute approximate surface area is 284 Å². The molecule has 1 saturated heterocycles. The molecule has 13 heteroatoms. The van der Waals surface area contributed by atoms with Gasteiger partial charge >= 0.3 is 6.09 Å². The first kappa shape index (κ1) is 34.3. The highest BCUT2D eigenvalue weighted by molar-refractivity contribution is 6.35. The summed E-state index contributed by atoms with van der Waals surface area (Å²) in [4.78, 5) is 38.0. The van der Waals surface area contributed by atoms with Crippen LogP contribution in [0, 0.1) is 5.41 Å². The first-order valence-electron chi connectivity index (χ1n) is 15.6. The molecule has 1 aliphatic rings. The molecule has 47 heavy (non-hydrogen) atoms. The SMILES string of the molecule is C[C@@H](Oc1ccc2[nH]nc(-c3ccc(N4CCN(C(=O)CC(C)(C)CNC(=O)OC(C)(C)C)CC4)nc3)c2c1)c1c(Cl)cncc1Cl. The molecule has 0 spiro atoms. The normalized spacial score (nSPS) is 14.6. The summed E-state index contributed by atoms with van der Waals surface area (Å²) >= 11 is 12.7. The molecule has 250 valence electrons. The van der Waals surface area contributed by atoms with E-state index >= 15 is 0 Å². The summed E-state index contributed by atoms with van der Waals surface area (Å²) in [5, 5.41) is 12.2. The number of hydrogen-bond donors (Lipinski definition) is 2. The zero-order chi connectivity index (χ0) is 33.9. The predicted molar refractivity (Wildman–Crippen MR) is 184 cm³/mol. The zero-order valence-electron chi connectivity index (χ0n) is 27.6. The van der Waals surface area contributed by atoms with Crippen molar-refractivity contribution >= 4 is 51.9 Å². The van der Waals surface area contributed by atoms with Gasteiger partial charge in [-0.3, -0.25) is 14.9 Å². The number of carbonyl (C=O) groups excluding carboxylic acids is 2. The lowest BCUT2D eigenvalue weighted by Crippen LogP contribution is -2.50. The third-order valence-corrected chi connectivity index (χ3v) is 8.46. The summed E-state index contributed by atoms with van der Waals surface area (Å²) in [6.07, 6.45) is 4.36. The van der Waals surface area contributed by atoms with Crippen molar-refractivity contribution in [2.45, 2.75) is 59.7 Å². The van der Waals surface area contributed by atoms with Crippen LogP contribution in [0.1, 0.15) is 59.6 Å². The molecule has 1 atom stereocenters. The maximum absolute atomic E-state index is 13.1. The number of hydrogen-bond acceptors (Lipinski definition) is 8. The van der Waals surface area contributed by atoms with Gasteiger partial charge in [0.05, 0.1) is 15.6 Å². The molecule has 1 aromatic carbocycles. The fourth-order valence-corrected chi connectivity index (χ4v) is 6.14. The second-order valence-electron chi connectivity index (χ2n) is 13.5. The van der Waals surface area contributed by atoms with Crippen molar-refractivity contribution in [2.24, 2.45) is 5.41 Å². The summed E-state index contributed by atoms with van der Waals surface area (Å²) in [6.45, 7) is 14.2. The summed E-state index contributed by atoms with van der Waals surface area (Å²) in [5.41, 5.74) is 2.19. The first-order chi connectivity index (χ1) is 22.2. The number of alkyl carbamates (subject to hydrolysis) is 1. The molecular weight excluding hydrogens is 641 g/mol. The van der Waals surface area contributed by atoms with Crippen molar-refractivity contribution in [1.82, 2.24) is 30.4 Å². The highest BCUT2D eigenvalue weighted by Crippen LogP contribution is 2.35. The Kier molecular flexibility index (Phi) is 10.2. The number of halogens is 2. The van der Waals surface area contributed by atoms with Crippen LogP contribution >= 0.6 is 23.2 Å². The number of fused-ring (bicyclic) bond motifs is 1. The molecule has 1 aliphatic heterocycles. The maximum atomic E-state index is 13.1. The minimum atomic E-state index is -0.572. The average molecular weight is 683 g/mol. The first-order valence-corrected chi connectivity index (χ1v) is 16.3. The lowest BCUT2D eigenvalue weighted by atomic mass is 9.88. The number of anilines is 1. The van der Waals surface area contributed by atoms with Crippen LogP contribution in [0.5, 0.6) is 5.75 Å². The van der Waals surface area contributed by atoms with Gasteiger partial charge in [0, 0.05) is 74.2 Å². The number of nitrogens with one attached hydrogen (secondary N) is 2. The van der Waals surface area contributed by atoms with Gasteiger partial charge in [-0.25, -0.2) is 9.78 Å². The van der Waals surface area contributed by atoms with E-state index in [1.807, 2.05) is 83.0 Å². The van der Waals surface area contributed by atoms with Crippen LogP contribution in [-0.4, -0.2) is 75.4 Å². The summed E-state index contributed by atoms with van der Waals surface area (Å²) < 4.78 is 11.5. The summed E-state index contributed by atoms with van der Waals surface area (Å²) in [6, 6.07) is 9.71. The number of rotatable bonds is 9. The van der Waals surface area contributed by atoms with Gasteiger partial charge in [0.1, 0.15) is 29.0 Å². The Morgan fingerprint density at radius 2 is 1.70 bits per heavy atom. The lowest BCUT2D eigenvalue weighted by molar-refractivity contribution is -0.133. The molecule has 0 bridgehead atoms. The van der Waals surface area contributed by atoms with Gasteiger partial charge in [-0.15, -0.1) is 0 Å². The Morgan fingerprint density at radius 1 is 1.00 bits per heavy atom. The minimum Gasteiger partial charge on any atom is -0.486 e. The van der Waals surface area contributed by atoms with E-state index in [0.29, 0.717) is 60.5 Å². The largest absolute Gasteiger partial charge is 0.486 e. The van der Waals surface area contributed by atoms with Crippen LogP contribution in [0.3, 0.4) is 0 Å². The minimum absolute atomic E-state index is 0.0686. The molecule has 4 aromatic rings. The van der Waals surface area contributed by atoms with E-state index in [1.54, 1.807) is 12.4 Å². The second kappa shape index (κ2) is 13.9. The molecule has 4 heterocycles. The van der Waals surface area contributed by atoms with Crippen LogP contribution in [0.25, 0.3) is 22.2 Å². The Morgan fingerprint density at radius 3 is 2.34 bits per heavy atom. The monoisotopic (exact) mass is 681 g/mol. The van der Waals surface area contributed by atoms with Crippen LogP contribution in [0.15, 0.2) is 48.9 Å². The van der Waals surface area contributed by atoms with Gasteiger partial charge in [0.2, 0.25) is 5.91 Å². The van der Waals surface area contributed by atoms with Gasteiger partial charge in [-0.05, 0) is 63.4 Å². The van der Waals surface area contributed by atoms with Crippen LogP contribution in [0.4, 0.5) is 10.6 Å². The van der Waals surface area contributed by atoms with E-state index in [-0.39, 0.29) is 5.91 Å². The fraction of sp³-hybridized carbons (Fsp3) is 0.441. The summed E-state index contributed by atoms with van der Waals surface area (Å²) in [5.74, 6) is 1.56. The topological polar surface area (TPSA) is 126 Å². The molecule has 0 saturated carbocycles. The average Bonchev–Trinajstić information content (AvgIpc) is 3.42. The van der Waals surface area contributed by atoms with Gasteiger partial charge < -0.3 is 24.6 Å². The van der Waals surface area contributed by atoms with Gasteiger partial charge in [0.15, 0.2) is 0 Å². The highest BCUT2D eigenvalue weighted by atomic mass is 35.5. The molecule has 2 N–H and O–H groups in total. The standard InChI is InChI=1S/C34H41Cl2N7O4/c1-21(30-25(35)18-37-19-26(30)36)46-23-8-9-27-24(15-23)31(41-40-27)22-7-10-28(38-17-22)42-11-13-43(14-12-42)29(44)16-34(5,6)20-39-32(45)47-33(2,3)4/h7-10,15,17-19,21H,11-14,16,20H2,1-6H3,(H,39,45)(H,40,41)/t21-/m1/s1. The number of H-pyrrole nitrogens is 1. The molecule has 0 aliphatic carbocycles. The lowest BCUT2D eigenvalue weighted by Gasteiger charge is -2.37. The molecule has 0 radical (unpaired) electrons. The number of pyridine rings is 2. The van der Waals surface area contributed by atoms with E-state index < -0.39 is 23.2 Å². The number of aromatic nitrogens is 4. The van der Waals surface area contributed by atoms with Gasteiger partial charge in [0.25, 0.3) is 0 Å². The van der Waals surface area contributed by atoms with E-state index in [4.69, 9.17) is 37.7 Å². The van der Waals surface area contributed by atoms with Crippen LogP contribution in [0.2, 0.25) is 10.0 Å². The van der Waals surface area contributed by atoms with Crippen molar-refractivity contribution in [1.29, 1.82) is 0 Å². The molecule has 3 aromatic heterocycles. The molecule has 1 fully saturated rings. The Balaban J connectivity index is 1.17. The van der Waals surface area contributed by atoms with Crippen molar-refractivity contribution in [2.75, 3.05) is 37.6 Å². The summed E-state index contributed by atoms with van der Waals surface area (Å²) in [7, 11) is 0. The highest BCUT2D eigenvalue weighted by Gasteiger charge is 2.29. The van der Waals surface area contributed by atoms with Crippen molar-refractivity contribution in [3.8, 4) is 17.0 Å². The predicted octanol–water partition coefficient (Wildman–Crippen LogP) is 7.06. The quantitative estimate of drug-likeness (QED) is 0.192. The number of ether oxygens (including phenoxy) is 2. The van der Waals surface area contributed by atoms with Crippen LogP contribution in [-0.2, 0) is 9.53 Å². The third kappa shape index (κ3) is 8.64. The van der Waals surface area contributed by atoms with Gasteiger partial charge in [-0.1, -0.05) is 37.0 Å². The van der Waals surface area contributed by atoms with E-state index in [0.717, 1.165) is 28.0 Å². The van der Waals surface area contributed by atoms with E-state index in [2.05, 4.69) is 25.4 Å². The molecular formula is C34H41Cl2N7O4. The number of aromatic amines is 1. The smallest absolute Gasteiger partial charge is 0.407 e. The molecule has 11 nitrogen and oxygen atoms in total. The number of piperazine rings is 1.